The molecule has 0 radical (unpaired) electrons. The predicted octanol–water partition coefficient (Wildman–Crippen LogP) is 3.06. The highest BCUT2D eigenvalue weighted by atomic mass is 79.9. The lowest BCUT2D eigenvalue weighted by Crippen LogP contribution is -1.96. The van der Waals surface area contributed by atoms with Gasteiger partial charge in [-0.25, -0.2) is 8.60 Å². The first kappa shape index (κ1) is 11.3. The van der Waals surface area contributed by atoms with Crippen molar-refractivity contribution in [3.8, 4) is 0 Å². The summed E-state index contributed by atoms with van der Waals surface area (Å²) in [7, 11) is 0. The average Bonchev–Trinajstić information content (AvgIpc) is 2.08. The minimum atomic E-state index is -2.09. The van der Waals surface area contributed by atoms with Crippen molar-refractivity contribution in [2.75, 3.05) is 0 Å². The number of alkyl halides is 1. The summed E-state index contributed by atoms with van der Waals surface area (Å²) >= 11 is 3.96. The van der Waals surface area contributed by atoms with Crippen molar-refractivity contribution < 1.29 is 13.2 Å². The van der Waals surface area contributed by atoms with Crippen LogP contribution >= 0.6 is 31.9 Å². The first-order chi connectivity index (χ1) is 6.06. The Morgan fingerprint density at radius 3 is 2.62 bits per heavy atom. The van der Waals surface area contributed by atoms with E-state index in [9.17, 15) is 8.60 Å². The fourth-order valence-corrected chi connectivity index (χ4v) is 2.56. The molecule has 0 spiro atoms. The normalized spacial score (nSPS) is 12.9. The maximum absolute atomic E-state index is 13.0. The molecule has 13 heavy (non-hydrogen) atoms. The van der Waals surface area contributed by atoms with Gasteiger partial charge in [0.25, 0.3) is 0 Å². The second kappa shape index (κ2) is 4.63. The molecule has 1 aromatic carbocycles. The van der Waals surface area contributed by atoms with Crippen LogP contribution in [0.3, 0.4) is 0 Å². The van der Waals surface area contributed by atoms with Crippen LogP contribution in [-0.2, 0) is 16.4 Å². The van der Waals surface area contributed by atoms with E-state index < -0.39 is 16.9 Å². The maximum Gasteiger partial charge on any atom is 0.186 e. The Hall–Kier alpha value is 0.220. The third-order valence-corrected chi connectivity index (χ3v) is 3.40. The van der Waals surface area contributed by atoms with Gasteiger partial charge in [0.2, 0.25) is 0 Å². The van der Waals surface area contributed by atoms with Gasteiger partial charge in [-0.15, -0.1) is 0 Å². The molecule has 2 nitrogen and oxygen atoms in total. The van der Waals surface area contributed by atoms with Crippen LogP contribution in [0.5, 0.6) is 0 Å². The Morgan fingerprint density at radius 1 is 1.54 bits per heavy atom. The van der Waals surface area contributed by atoms with Crippen LogP contribution < -0.4 is 0 Å². The Balaban J connectivity index is 3.33. The molecule has 1 rings (SSSR count). The summed E-state index contributed by atoms with van der Waals surface area (Å²) in [6, 6.07) is 2.53. The summed E-state index contributed by atoms with van der Waals surface area (Å²) in [5.41, 5.74) is 0.474. The van der Waals surface area contributed by atoms with Crippen molar-refractivity contribution in [1.82, 2.24) is 0 Å². The molecule has 0 heterocycles. The predicted molar refractivity (Wildman–Crippen MR) is 55.8 cm³/mol. The fraction of sp³-hybridized carbons (Fsp3) is 0.143. The van der Waals surface area contributed by atoms with Crippen molar-refractivity contribution in [1.29, 1.82) is 0 Å². The molecular weight excluding hydrogens is 327 g/mol. The molecule has 0 saturated heterocycles. The van der Waals surface area contributed by atoms with Crippen LogP contribution in [0.15, 0.2) is 21.5 Å². The SMILES string of the molecule is O=S(O)c1cc(Br)c(F)cc1CBr. The summed E-state index contributed by atoms with van der Waals surface area (Å²) in [5, 5.41) is 0.346. The van der Waals surface area contributed by atoms with Gasteiger partial charge >= 0.3 is 0 Å². The molecule has 0 aliphatic carbocycles. The molecule has 0 fully saturated rings. The summed E-state index contributed by atoms with van der Waals surface area (Å²) in [4.78, 5) is 0.213. The summed E-state index contributed by atoms with van der Waals surface area (Å²) in [6.07, 6.45) is 0. The molecule has 0 aliphatic rings. The number of halogens is 3. The van der Waals surface area contributed by atoms with Gasteiger partial charge in [0.15, 0.2) is 11.1 Å². The van der Waals surface area contributed by atoms with Crippen molar-refractivity contribution in [2.45, 2.75) is 10.2 Å². The summed E-state index contributed by atoms with van der Waals surface area (Å²) < 4.78 is 32.8. The Bertz CT molecular complexity index is 357. The van der Waals surface area contributed by atoms with Crippen molar-refractivity contribution in [2.24, 2.45) is 0 Å². The van der Waals surface area contributed by atoms with Gasteiger partial charge < -0.3 is 4.55 Å². The molecule has 1 unspecified atom stereocenters. The van der Waals surface area contributed by atoms with Crippen LogP contribution in [0.4, 0.5) is 4.39 Å². The van der Waals surface area contributed by atoms with E-state index >= 15 is 0 Å². The smallest absolute Gasteiger partial charge is 0.186 e. The molecule has 0 bridgehead atoms. The van der Waals surface area contributed by atoms with Gasteiger partial charge in [0.1, 0.15) is 5.82 Å². The van der Waals surface area contributed by atoms with Gasteiger partial charge in [0.05, 0.1) is 9.37 Å². The number of hydrogen-bond acceptors (Lipinski definition) is 1. The molecule has 6 heteroatoms. The lowest BCUT2D eigenvalue weighted by Gasteiger charge is -2.04. The third-order valence-electron chi connectivity index (χ3n) is 1.44. The monoisotopic (exact) mass is 330 g/mol. The van der Waals surface area contributed by atoms with E-state index in [1.807, 2.05) is 0 Å². The zero-order chi connectivity index (χ0) is 10.0. The van der Waals surface area contributed by atoms with Crippen LogP contribution in [-0.4, -0.2) is 8.76 Å². The molecule has 0 aliphatic heterocycles. The molecule has 0 aromatic heterocycles. The number of benzene rings is 1. The van der Waals surface area contributed by atoms with Crippen LogP contribution in [0.2, 0.25) is 0 Å². The Labute approximate surface area is 94.1 Å². The lowest BCUT2D eigenvalue weighted by atomic mass is 10.2. The van der Waals surface area contributed by atoms with Gasteiger partial charge in [-0.05, 0) is 33.6 Å². The molecular formula is C7H5Br2FO2S. The largest absolute Gasteiger partial charge is 0.302 e. The van der Waals surface area contributed by atoms with Crippen molar-refractivity contribution in [3.63, 3.8) is 0 Å². The van der Waals surface area contributed by atoms with Crippen LogP contribution in [0.25, 0.3) is 0 Å². The zero-order valence-corrected chi connectivity index (χ0v) is 10.2. The highest BCUT2D eigenvalue weighted by Gasteiger charge is 2.11. The van der Waals surface area contributed by atoms with Gasteiger partial charge in [-0.2, -0.15) is 0 Å². The van der Waals surface area contributed by atoms with Crippen molar-refractivity contribution in [3.05, 3.63) is 28.0 Å². The molecule has 1 aromatic rings. The van der Waals surface area contributed by atoms with E-state index in [1.54, 1.807) is 0 Å². The second-order valence-corrected chi connectivity index (χ2v) is 4.61. The van der Waals surface area contributed by atoms with E-state index in [-0.39, 0.29) is 9.37 Å². The molecule has 0 saturated carbocycles. The van der Waals surface area contributed by atoms with Crippen LogP contribution in [0, 0.1) is 5.82 Å². The maximum atomic E-state index is 13.0. The second-order valence-electron chi connectivity index (χ2n) is 2.26. The molecule has 0 amide bonds. The first-order valence-electron chi connectivity index (χ1n) is 3.21. The standard InChI is InChI=1S/C7H5Br2FO2S/c8-3-4-1-6(10)5(9)2-7(4)13(11)12/h1-2H,3H2,(H,11,12). The molecule has 1 atom stereocenters. The quantitative estimate of drug-likeness (QED) is 0.668. The first-order valence-corrected chi connectivity index (χ1v) is 6.23. The van der Waals surface area contributed by atoms with Crippen LogP contribution in [0.1, 0.15) is 5.56 Å². The molecule has 1 N–H and O–H groups in total. The van der Waals surface area contributed by atoms with Crippen molar-refractivity contribution >= 4 is 42.9 Å². The highest BCUT2D eigenvalue weighted by Crippen LogP contribution is 2.24. The van der Waals surface area contributed by atoms with E-state index in [2.05, 4.69) is 31.9 Å². The topological polar surface area (TPSA) is 37.3 Å². The van der Waals surface area contributed by atoms with E-state index in [0.29, 0.717) is 10.9 Å². The average molecular weight is 332 g/mol. The van der Waals surface area contributed by atoms with E-state index in [4.69, 9.17) is 4.55 Å². The summed E-state index contributed by atoms with van der Waals surface area (Å²) in [5.74, 6) is -0.441. The Kier molecular flexibility index (Phi) is 4.03. The van der Waals surface area contributed by atoms with E-state index in [0.717, 1.165) is 0 Å². The fourth-order valence-electron chi connectivity index (χ4n) is 0.837. The highest BCUT2D eigenvalue weighted by molar-refractivity contribution is 9.10. The zero-order valence-electron chi connectivity index (χ0n) is 6.26. The van der Waals surface area contributed by atoms with Gasteiger partial charge in [-0.1, -0.05) is 15.9 Å². The molecule has 72 valence electrons. The number of hydrogen-bond donors (Lipinski definition) is 1. The minimum Gasteiger partial charge on any atom is -0.302 e. The minimum absolute atomic E-state index is 0.189. The third kappa shape index (κ3) is 2.59. The summed E-state index contributed by atoms with van der Waals surface area (Å²) in [6.45, 7) is 0. The number of rotatable bonds is 2. The van der Waals surface area contributed by atoms with Gasteiger partial charge in [-0.3, -0.25) is 0 Å². The van der Waals surface area contributed by atoms with E-state index in [1.165, 1.54) is 12.1 Å². The van der Waals surface area contributed by atoms with Gasteiger partial charge in [0, 0.05) is 5.33 Å². The Morgan fingerprint density at radius 2 is 2.15 bits per heavy atom. The lowest BCUT2D eigenvalue weighted by molar-refractivity contribution is 0.562.